The van der Waals surface area contributed by atoms with Gasteiger partial charge in [-0.3, -0.25) is 9.69 Å². The SMILES string of the molecule is CCCN1CCN(C[C@@]2(OCC)/C=C/C[C@H](C)[C@@H](C)S(=O)(=O)NC(=O)c3ccc4c(c3)N(C[C@@H]3CC[C@H]32)C[C@@]2(CCCc3cc(Cl)ccc32)CO4)CC1. The van der Waals surface area contributed by atoms with Crippen molar-refractivity contribution in [2.24, 2.45) is 17.8 Å². The summed E-state index contributed by atoms with van der Waals surface area (Å²) in [4.78, 5) is 21.3. The van der Waals surface area contributed by atoms with Gasteiger partial charge in [-0.1, -0.05) is 43.7 Å². The summed E-state index contributed by atoms with van der Waals surface area (Å²) in [5.74, 6) is 0.540. The molecule has 1 saturated heterocycles. The first-order valence-electron chi connectivity index (χ1n) is 20.1. The van der Waals surface area contributed by atoms with Crippen LogP contribution in [-0.2, 0) is 26.6 Å². The van der Waals surface area contributed by atoms with E-state index in [9.17, 15) is 13.2 Å². The van der Waals surface area contributed by atoms with Gasteiger partial charge in [-0.05, 0) is 125 Å². The Kier molecular flexibility index (Phi) is 11.6. The highest BCUT2D eigenvalue weighted by Crippen LogP contribution is 2.49. The lowest BCUT2D eigenvalue weighted by atomic mass is 9.63. The fraction of sp³-hybridized carbons (Fsp3) is 0.643. The molecular weight excluding hydrogens is 708 g/mol. The number of halogens is 1. The number of hydrogen-bond acceptors (Lipinski definition) is 8. The van der Waals surface area contributed by atoms with Crippen molar-refractivity contribution in [2.45, 2.75) is 88.9 Å². The maximum absolute atomic E-state index is 13.7. The number of nitrogens with one attached hydrogen (secondary N) is 1. The fourth-order valence-corrected chi connectivity index (χ4v) is 11.3. The number of carbonyl (C=O) groups is 1. The molecule has 9 nitrogen and oxygen atoms in total. The van der Waals surface area contributed by atoms with Gasteiger partial charge in [0.2, 0.25) is 10.0 Å². The number of anilines is 1. The van der Waals surface area contributed by atoms with Crippen LogP contribution in [0.25, 0.3) is 0 Å². The van der Waals surface area contributed by atoms with Crippen LogP contribution in [0.3, 0.4) is 0 Å². The van der Waals surface area contributed by atoms with Gasteiger partial charge in [0.25, 0.3) is 5.91 Å². The van der Waals surface area contributed by atoms with Crippen molar-refractivity contribution in [2.75, 3.05) is 70.5 Å². The summed E-state index contributed by atoms with van der Waals surface area (Å²) in [6.07, 6.45) is 11.4. The van der Waals surface area contributed by atoms with Gasteiger partial charge in [-0.2, -0.15) is 0 Å². The number of rotatable bonds is 6. The first-order chi connectivity index (χ1) is 25.5. The first kappa shape index (κ1) is 38.6. The Morgan fingerprint density at radius 1 is 1.04 bits per heavy atom. The molecule has 2 fully saturated rings. The molecule has 3 aliphatic heterocycles. The molecule has 0 aromatic heterocycles. The second-order valence-electron chi connectivity index (χ2n) is 16.5. The summed E-state index contributed by atoms with van der Waals surface area (Å²) < 4.78 is 43.4. The maximum atomic E-state index is 13.7. The van der Waals surface area contributed by atoms with Crippen molar-refractivity contribution >= 4 is 33.2 Å². The largest absolute Gasteiger partial charge is 0.490 e. The number of benzene rings is 2. The van der Waals surface area contributed by atoms with Crippen LogP contribution in [0.4, 0.5) is 5.69 Å². The molecule has 1 saturated carbocycles. The Morgan fingerprint density at radius 2 is 1.83 bits per heavy atom. The maximum Gasteiger partial charge on any atom is 0.264 e. The molecule has 1 spiro atoms. The number of amides is 1. The average molecular weight is 767 g/mol. The second kappa shape index (κ2) is 15.8. The molecule has 2 aromatic rings. The molecular formula is C42H59ClN4O5S. The van der Waals surface area contributed by atoms with Gasteiger partial charge in [0.1, 0.15) is 11.4 Å². The van der Waals surface area contributed by atoms with Crippen LogP contribution >= 0.6 is 11.6 Å². The number of nitrogens with zero attached hydrogens (tertiary/aromatic N) is 3. The van der Waals surface area contributed by atoms with Gasteiger partial charge in [-0.25, -0.2) is 13.1 Å². The first-order valence-corrected chi connectivity index (χ1v) is 22.0. The quantitative estimate of drug-likeness (QED) is 0.326. The van der Waals surface area contributed by atoms with Crippen molar-refractivity contribution < 1.29 is 22.7 Å². The number of allylic oxidation sites excluding steroid dienone is 1. The van der Waals surface area contributed by atoms with Gasteiger partial charge in [0.15, 0.2) is 0 Å². The summed E-state index contributed by atoms with van der Waals surface area (Å²) in [6, 6.07) is 11.7. The molecule has 0 unspecified atom stereocenters. The van der Waals surface area contributed by atoms with E-state index in [0.29, 0.717) is 31.1 Å². The number of sulfonamides is 1. The topological polar surface area (TPSA) is 91.4 Å². The Labute approximate surface area is 322 Å². The highest BCUT2D eigenvalue weighted by molar-refractivity contribution is 7.90. The summed E-state index contributed by atoms with van der Waals surface area (Å²) in [5.41, 5.74) is 2.97. The van der Waals surface area contributed by atoms with E-state index in [0.717, 1.165) is 107 Å². The highest BCUT2D eigenvalue weighted by atomic mass is 35.5. The summed E-state index contributed by atoms with van der Waals surface area (Å²) >= 11 is 6.51. The summed E-state index contributed by atoms with van der Waals surface area (Å²) in [5, 5.41) is -0.0173. The normalized spacial score (nSPS) is 32.8. The third-order valence-electron chi connectivity index (χ3n) is 13.1. The van der Waals surface area contributed by atoms with Crippen molar-refractivity contribution in [1.82, 2.24) is 14.5 Å². The molecule has 6 atom stereocenters. The lowest BCUT2D eigenvalue weighted by molar-refractivity contribution is -0.112. The van der Waals surface area contributed by atoms with Gasteiger partial charge in [0.05, 0.1) is 17.5 Å². The smallest absolute Gasteiger partial charge is 0.264 e. The number of hydrogen-bond donors (Lipinski definition) is 1. The Hall–Kier alpha value is -2.63. The van der Waals surface area contributed by atoms with E-state index in [2.05, 4.69) is 57.6 Å². The summed E-state index contributed by atoms with van der Waals surface area (Å²) in [6.45, 7) is 16.7. The minimum atomic E-state index is -3.95. The number of fused-ring (bicyclic) bond motifs is 4. The van der Waals surface area contributed by atoms with E-state index < -0.39 is 26.8 Å². The van der Waals surface area contributed by atoms with E-state index in [-0.39, 0.29) is 17.3 Å². The number of aryl methyl sites for hydroxylation is 1. The minimum Gasteiger partial charge on any atom is -0.490 e. The predicted molar refractivity (Wildman–Crippen MR) is 213 cm³/mol. The third-order valence-corrected chi connectivity index (χ3v) is 15.3. The van der Waals surface area contributed by atoms with Gasteiger partial charge in [0, 0.05) is 68.4 Å². The zero-order chi connectivity index (χ0) is 37.4. The second-order valence-corrected chi connectivity index (χ2v) is 19.0. The van der Waals surface area contributed by atoms with Crippen LogP contribution in [0.5, 0.6) is 5.75 Å². The molecule has 290 valence electrons. The van der Waals surface area contributed by atoms with Crippen LogP contribution < -0.4 is 14.4 Å². The number of ether oxygens (including phenoxy) is 2. The van der Waals surface area contributed by atoms with E-state index >= 15 is 0 Å². The van der Waals surface area contributed by atoms with Crippen LogP contribution in [-0.4, -0.2) is 101 Å². The Bertz CT molecular complexity index is 1780. The fourth-order valence-electron chi connectivity index (χ4n) is 9.83. The number of piperazine rings is 1. The third kappa shape index (κ3) is 7.91. The highest BCUT2D eigenvalue weighted by Gasteiger charge is 2.50. The summed E-state index contributed by atoms with van der Waals surface area (Å²) in [7, 11) is -3.95. The van der Waals surface area contributed by atoms with Crippen LogP contribution in [0.1, 0.15) is 87.7 Å². The zero-order valence-electron chi connectivity index (χ0n) is 32.1. The zero-order valence-corrected chi connectivity index (χ0v) is 33.7. The lowest BCUT2D eigenvalue weighted by Gasteiger charge is -2.52. The van der Waals surface area contributed by atoms with Crippen LogP contribution in [0.15, 0.2) is 48.6 Å². The van der Waals surface area contributed by atoms with Crippen molar-refractivity contribution in [3.63, 3.8) is 0 Å². The Morgan fingerprint density at radius 3 is 2.57 bits per heavy atom. The standard InChI is InChI=1S/C42H59ClN4O5S/c1-5-19-45-20-22-46(23-21-45)28-42(52-6-2)18-7-9-30(3)31(4)53(49,50)44-40(48)33-12-16-39-38(25-33)47(26-34-11-14-37(34)42)27-41(29-51-39)17-8-10-32-24-35(43)13-15-36(32)41/h7,12-13,15-16,18,24-25,30-31,34,37H,5-6,8-11,14,17,19-23,26-29H2,1-4H3,(H,44,48)/b18-7+/t30-,31+,34-,37+,41-,42-/m0/s1. The van der Waals surface area contributed by atoms with Crippen LogP contribution in [0, 0.1) is 17.8 Å². The monoisotopic (exact) mass is 766 g/mol. The average Bonchev–Trinajstić information content (AvgIpc) is 3.26. The van der Waals surface area contributed by atoms with Crippen molar-refractivity contribution in [3.8, 4) is 5.75 Å². The molecule has 2 aliphatic carbocycles. The van der Waals surface area contributed by atoms with E-state index in [4.69, 9.17) is 21.1 Å². The predicted octanol–water partition coefficient (Wildman–Crippen LogP) is 6.69. The van der Waals surface area contributed by atoms with Gasteiger partial charge >= 0.3 is 0 Å². The van der Waals surface area contributed by atoms with Crippen LogP contribution in [0.2, 0.25) is 5.02 Å². The van der Waals surface area contributed by atoms with E-state index in [1.807, 2.05) is 25.1 Å². The van der Waals surface area contributed by atoms with E-state index in [1.165, 1.54) is 11.1 Å². The Balaban J connectivity index is 1.30. The van der Waals surface area contributed by atoms with Gasteiger partial charge < -0.3 is 19.3 Å². The minimum absolute atomic E-state index is 0.209. The molecule has 53 heavy (non-hydrogen) atoms. The molecule has 11 heteroatoms. The molecule has 5 aliphatic rings. The molecule has 3 heterocycles. The van der Waals surface area contributed by atoms with Crippen molar-refractivity contribution in [3.05, 3.63) is 70.3 Å². The number of carbonyl (C=O) groups excluding carboxylic acids is 1. The lowest BCUT2D eigenvalue weighted by Crippen LogP contribution is -2.59. The molecule has 7 rings (SSSR count). The molecule has 0 radical (unpaired) electrons. The molecule has 1 amide bonds. The molecule has 2 bridgehead atoms. The van der Waals surface area contributed by atoms with Crippen molar-refractivity contribution in [1.29, 1.82) is 0 Å². The van der Waals surface area contributed by atoms with Gasteiger partial charge in [-0.15, -0.1) is 0 Å². The molecule has 1 N–H and O–H groups in total. The van der Waals surface area contributed by atoms with E-state index in [1.54, 1.807) is 13.0 Å². The molecule has 2 aromatic carbocycles.